The molecule has 0 radical (unpaired) electrons. The van der Waals surface area contributed by atoms with Crippen molar-refractivity contribution in [2.45, 2.75) is 6.36 Å². The maximum Gasteiger partial charge on any atom is 0.573 e. The van der Waals surface area contributed by atoms with E-state index in [-0.39, 0.29) is 23.8 Å². The SMILES string of the molecule is CN1CCN(c2ccc(OC(F)(F)F)c(N)c2)CC1.Cl. The van der Waals surface area contributed by atoms with Gasteiger partial charge in [-0.3, -0.25) is 0 Å². The van der Waals surface area contributed by atoms with Gasteiger partial charge in [-0.1, -0.05) is 0 Å². The quantitative estimate of drug-likeness (QED) is 0.851. The Hall–Kier alpha value is -1.34. The number of nitrogens with zero attached hydrogens (tertiary/aromatic N) is 2. The zero-order valence-electron chi connectivity index (χ0n) is 11.0. The summed E-state index contributed by atoms with van der Waals surface area (Å²) in [4.78, 5) is 4.29. The molecule has 0 saturated carbocycles. The molecule has 0 aromatic heterocycles. The molecule has 1 aromatic carbocycles. The predicted molar refractivity (Wildman–Crippen MR) is 74.5 cm³/mol. The van der Waals surface area contributed by atoms with Crippen LogP contribution in [0.1, 0.15) is 0 Å². The van der Waals surface area contributed by atoms with E-state index in [1.54, 1.807) is 6.07 Å². The minimum Gasteiger partial charge on any atom is -0.404 e. The number of hydrogen-bond acceptors (Lipinski definition) is 4. The molecule has 4 nitrogen and oxygen atoms in total. The predicted octanol–water partition coefficient (Wildman–Crippen LogP) is 2.34. The summed E-state index contributed by atoms with van der Waals surface area (Å²) < 4.78 is 40.2. The lowest BCUT2D eigenvalue weighted by Gasteiger charge is -2.34. The third-order valence-electron chi connectivity index (χ3n) is 3.09. The number of ether oxygens (including phenoxy) is 1. The van der Waals surface area contributed by atoms with E-state index in [9.17, 15) is 13.2 Å². The summed E-state index contributed by atoms with van der Waals surface area (Å²) in [5, 5.41) is 0. The fraction of sp³-hybridized carbons (Fsp3) is 0.500. The topological polar surface area (TPSA) is 41.7 Å². The van der Waals surface area contributed by atoms with Gasteiger partial charge in [0, 0.05) is 31.9 Å². The van der Waals surface area contributed by atoms with Crippen molar-refractivity contribution in [1.82, 2.24) is 4.90 Å². The van der Waals surface area contributed by atoms with E-state index in [1.807, 2.05) is 7.05 Å². The molecule has 0 amide bonds. The van der Waals surface area contributed by atoms with Gasteiger partial charge in [0.05, 0.1) is 5.69 Å². The van der Waals surface area contributed by atoms with Crippen molar-refractivity contribution in [3.8, 4) is 5.75 Å². The number of benzene rings is 1. The fourth-order valence-corrected chi connectivity index (χ4v) is 2.01. The summed E-state index contributed by atoms with van der Waals surface area (Å²) in [7, 11) is 2.03. The highest BCUT2D eigenvalue weighted by molar-refractivity contribution is 5.85. The molecule has 0 atom stereocenters. The van der Waals surface area contributed by atoms with Crippen molar-refractivity contribution >= 4 is 23.8 Å². The van der Waals surface area contributed by atoms with Crippen molar-refractivity contribution in [2.75, 3.05) is 43.9 Å². The monoisotopic (exact) mass is 311 g/mol. The van der Waals surface area contributed by atoms with Crippen LogP contribution >= 0.6 is 12.4 Å². The number of alkyl halides is 3. The Labute approximate surface area is 121 Å². The first-order chi connectivity index (χ1) is 8.85. The maximum atomic E-state index is 12.1. The van der Waals surface area contributed by atoms with Crippen molar-refractivity contribution in [2.24, 2.45) is 0 Å². The minimum atomic E-state index is -4.72. The Bertz CT molecular complexity index is 448. The molecule has 0 bridgehead atoms. The number of likely N-dealkylation sites (N-methyl/N-ethyl adjacent to an activating group) is 1. The van der Waals surface area contributed by atoms with Crippen molar-refractivity contribution in [3.05, 3.63) is 18.2 Å². The summed E-state index contributed by atoms with van der Waals surface area (Å²) >= 11 is 0. The van der Waals surface area contributed by atoms with Crippen molar-refractivity contribution in [1.29, 1.82) is 0 Å². The van der Waals surface area contributed by atoms with Crippen LogP contribution in [0.2, 0.25) is 0 Å². The number of halogens is 4. The Kier molecular flexibility index (Phi) is 5.35. The molecule has 1 aliphatic rings. The largest absolute Gasteiger partial charge is 0.573 e. The summed E-state index contributed by atoms with van der Waals surface area (Å²) in [6.07, 6.45) is -4.72. The van der Waals surface area contributed by atoms with Crippen molar-refractivity contribution in [3.63, 3.8) is 0 Å². The van der Waals surface area contributed by atoms with Crippen LogP contribution < -0.4 is 15.4 Å². The lowest BCUT2D eigenvalue weighted by atomic mass is 10.2. The molecular weight excluding hydrogens is 295 g/mol. The third kappa shape index (κ3) is 4.35. The first kappa shape index (κ1) is 16.7. The van der Waals surface area contributed by atoms with Gasteiger partial charge >= 0.3 is 6.36 Å². The molecule has 1 heterocycles. The average molecular weight is 312 g/mol. The lowest BCUT2D eigenvalue weighted by Crippen LogP contribution is -2.44. The molecule has 1 fully saturated rings. The molecule has 20 heavy (non-hydrogen) atoms. The molecule has 2 rings (SSSR count). The van der Waals surface area contributed by atoms with E-state index < -0.39 is 6.36 Å². The first-order valence-electron chi connectivity index (χ1n) is 5.94. The molecule has 0 aliphatic carbocycles. The van der Waals surface area contributed by atoms with Crippen LogP contribution in [0, 0.1) is 0 Å². The van der Waals surface area contributed by atoms with Gasteiger partial charge in [0.25, 0.3) is 0 Å². The molecular formula is C12H17ClF3N3O. The number of hydrogen-bond donors (Lipinski definition) is 1. The number of rotatable bonds is 2. The van der Waals surface area contributed by atoms with E-state index in [1.165, 1.54) is 12.1 Å². The van der Waals surface area contributed by atoms with E-state index in [2.05, 4.69) is 14.5 Å². The maximum absolute atomic E-state index is 12.1. The molecule has 0 unspecified atom stereocenters. The standard InChI is InChI=1S/C12H16F3N3O.ClH/c1-17-4-6-18(7-5-17)9-2-3-11(10(16)8-9)19-12(13,14)15;/h2-3,8H,4-7,16H2,1H3;1H. The first-order valence-corrected chi connectivity index (χ1v) is 5.94. The van der Waals surface area contributed by atoms with Gasteiger partial charge in [-0.25, -0.2) is 0 Å². The zero-order chi connectivity index (χ0) is 14.0. The second kappa shape index (κ2) is 6.41. The Morgan fingerprint density at radius 2 is 1.75 bits per heavy atom. The van der Waals surface area contributed by atoms with Crippen LogP contribution in [0.3, 0.4) is 0 Å². The number of anilines is 2. The zero-order valence-corrected chi connectivity index (χ0v) is 11.8. The normalized spacial score (nSPS) is 16.7. The molecule has 8 heteroatoms. The van der Waals surface area contributed by atoms with Gasteiger partial charge in [-0.2, -0.15) is 0 Å². The molecule has 114 valence electrons. The number of nitrogens with two attached hydrogens (primary N) is 1. The summed E-state index contributed by atoms with van der Waals surface area (Å²) in [5.41, 5.74) is 6.41. The second-order valence-corrected chi connectivity index (χ2v) is 4.56. The smallest absolute Gasteiger partial charge is 0.404 e. The number of piperazine rings is 1. The van der Waals surface area contributed by atoms with Gasteiger partial charge in [0.15, 0.2) is 5.75 Å². The second-order valence-electron chi connectivity index (χ2n) is 4.56. The van der Waals surface area contributed by atoms with Crippen LogP contribution in [-0.4, -0.2) is 44.5 Å². The van der Waals surface area contributed by atoms with Gasteiger partial charge in [-0.05, 0) is 25.2 Å². The Balaban J connectivity index is 0.00000200. The van der Waals surface area contributed by atoms with Crippen LogP contribution in [0.15, 0.2) is 18.2 Å². The van der Waals surface area contributed by atoms with E-state index in [0.29, 0.717) is 0 Å². The highest BCUT2D eigenvalue weighted by Crippen LogP contribution is 2.31. The van der Waals surface area contributed by atoms with Crippen LogP contribution in [-0.2, 0) is 0 Å². The molecule has 1 aromatic rings. The van der Waals surface area contributed by atoms with Crippen molar-refractivity contribution < 1.29 is 17.9 Å². The molecule has 0 spiro atoms. The third-order valence-corrected chi connectivity index (χ3v) is 3.09. The highest BCUT2D eigenvalue weighted by Gasteiger charge is 2.32. The lowest BCUT2D eigenvalue weighted by molar-refractivity contribution is -0.274. The van der Waals surface area contributed by atoms with Gasteiger partial charge in [-0.15, -0.1) is 25.6 Å². The van der Waals surface area contributed by atoms with Gasteiger partial charge in [0.1, 0.15) is 0 Å². The van der Waals surface area contributed by atoms with Gasteiger partial charge < -0.3 is 20.3 Å². The molecule has 1 saturated heterocycles. The van der Waals surface area contributed by atoms with Crippen LogP contribution in [0.4, 0.5) is 24.5 Å². The average Bonchev–Trinajstić information content (AvgIpc) is 2.31. The number of nitrogen functional groups attached to an aromatic ring is 1. The van der Waals surface area contributed by atoms with E-state index in [0.717, 1.165) is 31.9 Å². The van der Waals surface area contributed by atoms with Crippen LogP contribution in [0.5, 0.6) is 5.75 Å². The Morgan fingerprint density at radius 3 is 2.25 bits per heavy atom. The summed E-state index contributed by atoms with van der Waals surface area (Å²) in [6.45, 7) is 3.49. The Morgan fingerprint density at radius 1 is 1.15 bits per heavy atom. The molecule has 2 N–H and O–H groups in total. The fourth-order valence-electron chi connectivity index (χ4n) is 2.01. The minimum absolute atomic E-state index is 0. The molecule has 1 aliphatic heterocycles. The van der Waals surface area contributed by atoms with Gasteiger partial charge in [0.2, 0.25) is 0 Å². The highest BCUT2D eigenvalue weighted by atomic mass is 35.5. The van der Waals surface area contributed by atoms with Crippen LogP contribution in [0.25, 0.3) is 0 Å². The van der Waals surface area contributed by atoms with E-state index >= 15 is 0 Å². The summed E-state index contributed by atoms with van der Waals surface area (Å²) in [6, 6.07) is 4.38. The van der Waals surface area contributed by atoms with E-state index in [4.69, 9.17) is 5.73 Å². The summed E-state index contributed by atoms with van der Waals surface area (Å²) in [5.74, 6) is -0.356.